The summed E-state index contributed by atoms with van der Waals surface area (Å²) in [6.45, 7) is 3.87. The maximum atomic E-state index is 11.5. The van der Waals surface area contributed by atoms with E-state index >= 15 is 0 Å². The van der Waals surface area contributed by atoms with E-state index in [1.807, 2.05) is 19.1 Å². The second-order valence-electron chi connectivity index (χ2n) is 5.14. The summed E-state index contributed by atoms with van der Waals surface area (Å²) in [5.41, 5.74) is 2.14. The predicted octanol–water partition coefficient (Wildman–Crippen LogP) is -0.302. The molecule has 6 heteroatoms. The fourth-order valence-electron chi connectivity index (χ4n) is 2.41. The van der Waals surface area contributed by atoms with Crippen molar-refractivity contribution < 1.29 is 14.6 Å². The molecule has 6 nitrogen and oxygen atoms in total. The number of aryl methyl sites for hydroxylation is 1. The van der Waals surface area contributed by atoms with Gasteiger partial charge in [0.05, 0.1) is 17.8 Å². The molecule has 0 unspecified atom stereocenters. The molecule has 2 N–H and O–H groups in total. The van der Waals surface area contributed by atoms with E-state index in [1.54, 1.807) is 6.20 Å². The van der Waals surface area contributed by atoms with Crippen molar-refractivity contribution in [2.24, 2.45) is 0 Å². The van der Waals surface area contributed by atoms with Crippen LogP contribution in [0.5, 0.6) is 0 Å². The van der Waals surface area contributed by atoms with E-state index < -0.39 is 6.10 Å². The lowest BCUT2D eigenvalue weighted by Gasteiger charge is -2.17. The summed E-state index contributed by atoms with van der Waals surface area (Å²) in [4.78, 5) is 17.9. The fraction of sp³-hybridized carbons (Fsp3) is 0.571. The molecular formula is C14H21N3O3. The van der Waals surface area contributed by atoms with Crippen molar-refractivity contribution in [1.82, 2.24) is 15.2 Å². The number of methoxy groups -OCH3 is 1. The van der Waals surface area contributed by atoms with Gasteiger partial charge in [0.1, 0.15) is 6.61 Å². The van der Waals surface area contributed by atoms with Crippen LogP contribution >= 0.6 is 0 Å². The average molecular weight is 279 g/mol. The van der Waals surface area contributed by atoms with Gasteiger partial charge in [-0.25, -0.2) is 0 Å². The zero-order valence-electron chi connectivity index (χ0n) is 11.9. The Hall–Kier alpha value is -1.50. The monoisotopic (exact) mass is 279 g/mol. The summed E-state index contributed by atoms with van der Waals surface area (Å²) in [6, 6.07) is 3.68. The van der Waals surface area contributed by atoms with Crippen LogP contribution in [0.1, 0.15) is 11.3 Å². The molecule has 1 fully saturated rings. The highest BCUT2D eigenvalue weighted by Crippen LogP contribution is 2.15. The number of aromatic nitrogens is 1. The SMILES string of the molecule is COCC(=O)N[C@@H]1CN(Cc2ncccc2C)C[C@H]1O. The van der Waals surface area contributed by atoms with Crippen LogP contribution in [0.3, 0.4) is 0 Å². The molecule has 0 aliphatic carbocycles. The Morgan fingerprint density at radius 1 is 1.60 bits per heavy atom. The van der Waals surface area contributed by atoms with Gasteiger partial charge in [-0.2, -0.15) is 0 Å². The van der Waals surface area contributed by atoms with Gasteiger partial charge in [-0.1, -0.05) is 6.07 Å². The van der Waals surface area contributed by atoms with Gasteiger partial charge in [-0.3, -0.25) is 14.7 Å². The van der Waals surface area contributed by atoms with Gasteiger partial charge in [-0.05, 0) is 18.6 Å². The van der Waals surface area contributed by atoms with Gasteiger partial charge in [-0.15, -0.1) is 0 Å². The van der Waals surface area contributed by atoms with E-state index in [0.29, 0.717) is 19.6 Å². The molecule has 2 heterocycles. The molecule has 0 bridgehead atoms. The molecule has 2 atom stereocenters. The number of hydrogen-bond acceptors (Lipinski definition) is 5. The summed E-state index contributed by atoms with van der Waals surface area (Å²) in [7, 11) is 1.47. The zero-order chi connectivity index (χ0) is 14.5. The number of aliphatic hydroxyl groups is 1. The number of aliphatic hydroxyl groups excluding tert-OH is 1. The third-order valence-electron chi connectivity index (χ3n) is 3.48. The van der Waals surface area contributed by atoms with Crippen molar-refractivity contribution in [3.63, 3.8) is 0 Å². The maximum absolute atomic E-state index is 11.5. The maximum Gasteiger partial charge on any atom is 0.246 e. The van der Waals surface area contributed by atoms with Crippen molar-refractivity contribution in [2.45, 2.75) is 25.6 Å². The number of β-amino-alcohol motifs (C(OH)–C–C–N with tert-alkyl or cyclic N) is 1. The van der Waals surface area contributed by atoms with Crippen molar-refractivity contribution in [1.29, 1.82) is 0 Å². The molecule has 0 radical (unpaired) electrons. The predicted molar refractivity (Wildman–Crippen MR) is 74.1 cm³/mol. The standard InChI is InChI=1S/C14H21N3O3/c1-10-4-3-5-15-11(10)6-17-7-12(13(18)8-17)16-14(19)9-20-2/h3-5,12-13,18H,6-9H2,1-2H3,(H,16,19)/t12-,13-/m1/s1. The number of carbonyl (C=O) groups excluding carboxylic acids is 1. The van der Waals surface area contributed by atoms with E-state index in [4.69, 9.17) is 4.74 Å². The van der Waals surface area contributed by atoms with Gasteiger partial charge in [0.25, 0.3) is 0 Å². The Morgan fingerprint density at radius 3 is 3.10 bits per heavy atom. The Morgan fingerprint density at radius 2 is 2.40 bits per heavy atom. The zero-order valence-corrected chi connectivity index (χ0v) is 11.9. The Balaban J connectivity index is 1.90. The second kappa shape index (κ2) is 6.78. The number of rotatable bonds is 5. The van der Waals surface area contributed by atoms with Crippen LogP contribution in [0.15, 0.2) is 18.3 Å². The number of nitrogens with zero attached hydrogens (tertiary/aromatic N) is 2. The molecule has 0 aromatic carbocycles. The van der Waals surface area contributed by atoms with Gasteiger partial charge >= 0.3 is 0 Å². The van der Waals surface area contributed by atoms with Gasteiger partial charge in [0, 0.05) is 32.9 Å². The van der Waals surface area contributed by atoms with Crippen molar-refractivity contribution in [3.05, 3.63) is 29.6 Å². The van der Waals surface area contributed by atoms with Crippen LogP contribution in [0.4, 0.5) is 0 Å². The normalized spacial score (nSPS) is 22.9. The first-order chi connectivity index (χ1) is 9.60. The number of likely N-dealkylation sites (tertiary alicyclic amines) is 1. The largest absolute Gasteiger partial charge is 0.390 e. The minimum absolute atomic E-state index is 0.0164. The Kier molecular flexibility index (Phi) is 5.05. The summed E-state index contributed by atoms with van der Waals surface area (Å²) < 4.78 is 4.77. The lowest BCUT2D eigenvalue weighted by Crippen LogP contribution is -2.44. The highest BCUT2D eigenvalue weighted by Gasteiger charge is 2.32. The summed E-state index contributed by atoms with van der Waals surface area (Å²) in [6.07, 6.45) is 1.21. The van der Waals surface area contributed by atoms with Crippen LogP contribution in [-0.2, 0) is 16.1 Å². The first-order valence-electron chi connectivity index (χ1n) is 6.69. The summed E-state index contributed by atoms with van der Waals surface area (Å²) in [5, 5.41) is 12.8. The van der Waals surface area contributed by atoms with E-state index in [9.17, 15) is 9.90 Å². The Labute approximate surface area is 118 Å². The van der Waals surface area contributed by atoms with Gasteiger partial charge in [0.2, 0.25) is 5.91 Å². The fourth-order valence-corrected chi connectivity index (χ4v) is 2.41. The average Bonchev–Trinajstić information content (AvgIpc) is 2.73. The highest BCUT2D eigenvalue weighted by molar-refractivity contribution is 5.77. The molecule has 20 heavy (non-hydrogen) atoms. The van der Waals surface area contributed by atoms with E-state index in [1.165, 1.54) is 7.11 Å². The highest BCUT2D eigenvalue weighted by atomic mass is 16.5. The minimum atomic E-state index is -0.556. The summed E-state index contributed by atoms with van der Waals surface area (Å²) in [5.74, 6) is -0.201. The molecule has 1 amide bonds. The third kappa shape index (κ3) is 3.75. The minimum Gasteiger partial charge on any atom is -0.390 e. The van der Waals surface area contributed by atoms with Crippen LogP contribution in [0.25, 0.3) is 0 Å². The quantitative estimate of drug-likeness (QED) is 0.774. The molecule has 2 rings (SSSR count). The topological polar surface area (TPSA) is 74.7 Å². The van der Waals surface area contributed by atoms with E-state index in [0.717, 1.165) is 11.3 Å². The number of pyridine rings is 1. The molecule has 110 valence electrons. The van der Waals surface area contributed by atoms with Gasteiger partial charge < -0.3 is 15.2 Å². The smallest absolute Gasteiger partial charge is 0.246 e. The van der Waals surface area contributed by atoms with Crippen molar-refractivity contribution in [3.8, 4) is 0 Å². The molecule has 1 aliphatic rings. The van der Waals surface area contributed by atoms with Gasteiger partial charge in [0.15, 0.2) is 0 Å². The number of carbonyl (C=O) groups is 1. The molecule has 0 saturated carbocycles. The molecular weight excluding hydrogens is 258 g/mol. The Bertz CT molecular complexity index is 467. The number of amides is 1. The molecule has 1 aromatic heterocycles. The molecule has 0 spiro atoms. The third-order valence-corrected chi connectivity index (χ3v) is 3.48. The van der Waals surface area contributed by atoms with E-state index in [-0.39, 0.29) is 18.6 Å². The molecule has 1 aromatic rings. The van der Waals surface area contributed by atoms with Crippen molar-refractivity contribution in [2.75, 3.05) is 26.8 Å². The number of hydrogen-bond donors (Lipinski definition) is 2. The van der Waals surface area contributed by atoms with Crippen LogP contribution < -0.4 is 5.32 Å². The number of nitrogens with one attached hydrogen (secondary N) is 1. The van der Waals surface area contributed by atoms with Crippen LogP contribution in [0, 0.1) is 6.92 Å². The summed E-state index contributed by atoms with van der Waals surface area (Å²) >= 11 is 0. The first kappa shape index (κ1) is 14.9. The molecule has 1 aliphatic heterocycles. The molecule has 1 saturated heterocycles. The first-order valence-corrected chi connectivity index (χ1v) is 6.69. The van der Waals surface area contributed by atoms with Crippen LogP contribution in [0.2, 0.25) is 0 Å². The number of ether oxygens (including phenoxy) is 1. The van der Waals surface area contributed by atoms with E-state index in [2.05, 4.69) is 15.2 Å². The lowest BCUT2D eigenvalue weighted by molar-refractivity contribution is -0.125. The van der Waals surface area contributed by atoms with Crippen LogP contribution in [-0.4, -0.2) is 59.8 Å². The second-order valence-corrected chi connectivity index (χ2v) is 5.14. The lowest BCUT2D eigenvalue weighted by atomic mass is 10.2. The van der Waals surface area contributed by atoms with Crippen molar-refractivity contribution >= 4 is 5.91 Å².